The summed E-state index contributed by atoms with van der Waals surface area (Å²) in [5.41, 5.74) is 1.04. The Morgan fingerprint density at radius 3 is 2.65 bits per heavy atom. The minimum absolute atomic E-state index is 0.00289. The first-order valence-electron chi connectivity index (χ1n) is 9.01. The van der Waals surface area contributed by atoms with E-state index in [1.54, 1.807) is 6.08 Å². The van der Waals surface area contributed by atoms with Crippen molar-refractivity contribution < 1.29 is 9.72 Å². The normalized spacial score (nSPS) is 10.6. The zero-order valence-corrected chi connectivity index (χ0v) is 18.5. The first-order chi connectivity index (χ1) is 14.9. The van der Waals surface area contributed by atoms with E-state index in [0.717, 1.165) is 11.4 Å². The lowest BCUT2D eigenvalue weighted by molar-refractivity contribution is -0.384. The topological polar surface area (TPSA) is 103 Å². The number of carbonyl (C=O) groups is 1. The Morgan fingerprint density at radius 2 is 1.97 bits per heavy atom. The van der Waals surface area contributed by atoms with Crippen LogP contribution in [0.4, 0.5) is 11.4 Å². The Labute approximate surface area is 192 Å². The molecule has 0 saturated heterocycles. The van der Waals surface area contributed by atoms with Crippen molar-refractivity contribution in [3.8, 4) is 0 Å². The van der Waals surface area contributed by atoms with Gasteiger partial charge in [0.1, 0.15) is 10.8 Å². The number of carbonyl (C=O) groups excluding carboxylic acids is 1. The summed E-state index contributed by atoms with van der Waals surface area (Å²) in [5, 5.41) is 23.3. The molecule has 0 unspecified atom stereocenters. The predicted octanol–water partition coefficient (Wildman–Crippen LogP) is 5.00. The van der Waals surface area contributed by atoms with Crippen molar-refractivity contribution >= 4 is 52.2 Å². The lowest BCUT2D eigenvalue weighted by Crippen LogP contribution is -2.15. The molecule has 1 heterocycles. The van der Waals surface area contributed by atoms with Gasteiger partial charge in [0.2, 0.25) is 5.91 Å². The van der Waals surface area contributed by atoms with Crippen molar-refractivity contribution in [2.24, 2.45) is 0 Å². The SMILES string of the molecule is C=CCn1c(Cc2ccc(Cl)cc2)nnc1SCC(=O)Nc1ccc(Cl)c([N+](=O)[O-])c1. The van der Waals surface area contributed by atoms with Gasteiger partial charge in [-0.15, -0.1) is 16.8 Å². The van der Waals surface area contributed by atoms with Crippen LogP contribution < -0.4 is 5.32 Å². The van der Waals surface area contributed by atoms with Gasteiger partial charge in [-0.1, -0.05) is 53.2 Å². The zero-order valence-electron chi connectivity index (χ0n) is 16.1. The van der Waals surface area contributed by atoms with Gasteiger partial charge in [-0.2, -0.15) is 0 Å². The van der Waals surface area contributed by atoms with Crippen LogP contribution in [0.5, 0.6) is 0 Å². The van der Waals surface area contributed by atoms with Crippen LogP contribution in [0, 0.1) is 10.1 Å². The van der Waals surface area contributed by atoms with E-state index in [2.05, 4.69) is 22.1 Å². The molecule has 2 aromatic carbocycles. The fourth-order valence-electron chi connectivity index (χ4n) is 2.71. The number of benzene rings is 2. The number of hydrogen-bond acceptors (Lipinski definition) is 6. The molecule has 1 N–H and O–H groups in total. The third-order valence-corrected chi connectivity index (χ3v) is 5.68. The van der Waals surface area contributed by atoms with E-state index in [0.29, 0.717) is 23.1 Å². The third-order valence-electron chi connectivity index (χ3n) is 4.14. The Morgan fingerprint density at radius 1 is 1.23 bits per heavy atom. The van der Waals surface area contributed by atoms with E-state index in [-0.39, 0.29) is 28.1 Å². The number of anilines is 1. The summed E-state index contributed by atoms with van der Waals surface area (Å²) in [6.07, 6.45) is 2.28. The van der Waals surface area contributed by atoms with Gasteiger partial charge in [-0.05, 0) is 29.8 Å². The van der Waals surface area contributed by atoms with Crippen molar-refractivity contribution in [1.82, 2.24) is 14.8 Å². The molecule has 3 aromatic rings. The van der Waals surface area contributed by atoms with Crippen LogP contribution in [0.2, 0.25) is 10.0 Å². The van der Waals surface area contributed by atoms with Gasteiger partial charge in [-0.25, -0.2) is 0 Å². The lowest BCUT2D eigenvalue weighted by Gasteiger charge is -2.08. The number of nitrogens with zero attached hydrogens (tertiary/aromatic N) is 4. The molecule has 1 amide bonds. The maximum atomic E-state index is 12.3. The van der Waals surface area contributed by atoms with E-state index in [1.165, 1.54) is 30.0 Å². The number of amides is 1. The number of nitrogens with one attached hydrogen (secondary N) is 1. The van der Waals surface area contributed by atoms with Gasteiger partial charge < -0.3 is 9.88 Å². The van der Waals surface area contributed by atoms with Crippen LogP contribution in [-0.4, -0.2) is 31.3 Å². The molecular formula is C20H17Cl2N5O3S. The molecule has 0 atom stereocenters. The molecular weight excluding hydrogens is 461 g/mol. The Hall–Kier alpha value is -2.88. The number of aromatic nitrogens is 3. The largest absolute Gasteiger partial charge is 0.325 e. The fourth-order valence-corrected chi connectivity index (χ4v) is 3.79. The molecule has 0 aliphatic carbocycles. The molecule has 31 heavy (non-hydrogen) atoms. The first-order valence-corrected chi connectivity index (χ1v) is 10.8. The summed E-state index contributed by atoms with van der Waals surface area (Å²) in [6, 6.07) is 11.5. The smallest absolute Gasteiger partial charge is 0.289 e. The van der Waals surface area contributed by atoms with Crippen molar-refractivity contribution in [3.05, 3.63) is 86.7 Å². The minimum Gasteiger partial charge on any atom is -0.325 e. The molecule has 0 saturated carbocycles. The second-order valence-electron chi connectivity index (χ2n) is 6.36. The molecule has 11 heteroatoms. The Balaban J connectivity index is 1.67. The minimum atomic E-state index is -0.604. The summed E-state index contributed by atoms with van der Waals surface area (Å²) in [5.74, 6) is 0.444. The van der Waals surface area contributed by atoms with Gasteiger partial charge >= 0.3 is 0 Å². The lowest BCUT2D eigenvalue weighted by atomic mass is 10.1. The summed E-state index contributed by atoms with van der Waals surface area (Å²) in [7, 11) is 0. The quantitative estimate of drug-likeness (QED) is 0.201. The van der Waals surface area contributed by atoms with Crippen LogP contribution in [-0.2, 0) is 17.8 Å². The highest BCUT2D eigenvalue weighted by Crippen LogP contribution is 2.27. The first kappa shape index (κ1) is 22.8. The van der Waals surface area contributed by atoms with E-state index in [9.17, 15) is 14.9 Å². The summed E-state index contributed by atoms with van der Waals surface area (Å²) in [4.78, 5) is 22.7. The third kappa shape index (κ3) is 6.06. The summed E-state index contributed by atoms with van der Waals surface area (Å²) in [6.45, 7) is 4.26. The van der Waals surface area contributed by atoms with Gasteiger partial charge in [0.05, 0.1) is 10.7 Å². The number of halogens is 2. The average molecular weight is 478 g/mol. The number of hydrogen-bond donors (Lipinski definition) is 1. The second kappa shape index (κ2) is 10.4. The summed E-state index contributed by atoms with van der Waals surface area (Å²) < 4.78 is 1.88. The molecule has 0 aliphatic rings. The highest BCUT2D eigenvalue weighted by Gasteiger charge is 2.16. The van der Waals surface area contributed by atoms with Crippen LogP contribution in [0.25, 0.3) is 0 Å². The monoisotopic (exact) mass is 477 g/mol. The predicted molar refractivity (Wildman–Crippen MR) is 122 cm³/mol. The molecule has 0 fully saturated rings. The van der Waals surface area contributed by atoms with Gasteiger partial charge in [0.15, 0.2) is 5.16 Å². The second-order valence-corrected chi connectivity index (χ2v) is 8.15. The standard InChI is InChI=1S/C20H17Cl2N5O3S/c1-2-9-26-18(10-13-3-5-14(21)6-4-13)24-25-20(26)31-12-19(28)23-15-7-8-16(22)17(11-15)27(29)30/h2-8,11H,1,9-10,12H2,(H,23,28). The fraction of sp³-hybridized carbons (Fsp3) is 0.150. The van der Waals surface area contributed by atoms with Gasteiger partial charge in [0.25, 0.3) is 5.69 Å². The summed E-state index contributed by atoms with van der Waals surface area (Å²) >= 11 is 12.9. The number of thioether (sulfide) groups is 1. The molecule has 160 valence electrons. The van der Waals surface area contributed by atoms with E-state index in [4.69, 9.17) is 23.2 Å². The van der Waals surface area contributed by atoms with Crippen molar-refractivity contribution in [3.63, 3.8) is 0 Å². The Kier molecular flexibility index (Phi) is 7.67. The van der Waals surface area contributed by atoms with Crippen LogP contribution in [0.15, 0.2) is 60.3 Å². The number of nitro groups is 1. The van der Waals surface area contributed by atoms with Crippen molar-refractivity contribution in [2.75, 3.05) is 11.1 Å². The van der Waals surface area contributed by atoms with Crippen LogP contribution in [0.1, 0.15) is 11.4 Å². The molecule has 8 nitrogen and oxygen atoms in total. The number of allylic oxidation sites excluding steroid dienone is 1. The van der Waals surface area contributed by atoms with Crippen molar-refractivity contribution in [1.29, 1.82) is 0 Å². The van der Waals surface area contributed by atoms with E-state index < -0.39 is 4.92 Å². The maximum absolute atomic E-state index is 12.3. The highest BCUT2D eigenvalue weighted by molar-refractivity contribution is 7.99. The molecule has 1 aromatic heterocycles. The van der Waals surface area contributed by atoms with Gasteiger partial charge in [-0.3, -0.25) is 14.9 Å². The number of nitro benzene ring substituents is 1. The van der Waals surface area contributed by atoms with Crippen molar-refractivity contribution in [2.45, 2.75) is 18.1 Å². The maximum Gasteiger partial charge on any atom is 0.289 e. The van der Waals surface area contributed by atoms with Gasteiger partial charge in [0, 0.05) is 29.7 Å². The zero-order chi connectivity index (χ0) is 22.4. The molecule has 3 rings (SSSR count). The highest BCUT2D eigenvalue weighted by atomic mass is 35.5. The molecule has 0 aliphatic heterocycles. The Bertz CT molecular complexity index is 1120. The molecule has 0 bridgehead atoms. The average Bonchev–Trinajstić information content (AvgIpc) is 3.11. The number of rotatable bonds is 9. The molecule has 0 radical (unpaired) electrons. The van der Waals surface area contributed by atoms with E-state index >= 15 is 0 Å². The van der Waals surface area contributed by atoms with Crippen LogP contribution >= 0.6 is 35.0 Å². The molecule has 0 spiro atoms. The van der Waals surface area contributed by atoms with E-state index in [1.807, 2.05) is 28.8 Å². The van der Waals surface area contributed by atoms with Crippen LogP contribution in [0.3, 0.4) is 0 Å².